The van der Waals surface area contributed by atoms with Gasteiger partial charge in [-0.3, -0.25) is 4.99 Å². The molecule has 146 valence electrons. The Morgan fingerprint density at radius 2 is 1.63 bits per heavy atom. The highest BCUT2D eigenvalue weighted by molar-refractivity contribution is 5.79. The van der Waals surface area contributed by atoms with Crippen LogP contribution in [-0.4, -0.2) is 32.8 Å². The van der Waals surface area contributed by atoms with E-state index in [2.05, 4.69) is 52.0 Å². The molecule has 0 atom stereocenters. The van der Waals surface area contributed by atoms with E-state index >= 15 is 0 Å². The van der Waals surface area contributed by atoms with Gasteiger partial charge in [-0.1, -0.05) is 54.6 Å². The summed E-state index contributed by atoms with van der Waals surface area (Å²) in [5, 5.41) is 6.64. The van der Waals surface area contributed by atoms with Crippen molar-refractivity contribution in [1.29, 1.82) is 0 Å². The van der Waals surface area contributed by atoms with Crippen LogP contribution in [0.25, 0.3) is 0 Å². The number of benzene rings is 2. The van der Waals surface area contributed by atoms with E-state index in [0.29, 0.717) is 13.2 Å². The van der Waals surface area contributed by atoms with Gasteiger partial charge in [0.2, 0.25) is 0 Å². The fourth-order valence-corrected chi connectivity index (χ4v) is 2.62. The van der Waals surface area contributed by atoms with Gasteiger partial charge in [0.1, 0.15) is 0 Å². The van der Waals surface area contributed by atoms with E-state index in [-0.39, 0.29) is 0 Å². The molecule has 0 radical (unpaired) electrons. The van der Waals surface area contributed by atoms with Crippen molar-refractivity contribution in [2.24, 2.45) is 4.99 Å². The second kappa shape index (κ2) is 12.9. The fourth-order valence-electron chi connectivity index (χ4n) is 2.62. The number of hydrogen-bond acceptors (Lipinski definition) is 3. The Balaban J connectivity index is 1.72. The molecule has 0 amide bonds. The molecule has 0 aliphatic carbocycles. The summed E-state index contributed by atoms with van der Waals surface area (Å²) < 4.78 is 11.2. The summed E-state index contributed by atoms with van der Waals surface area (Å²) in [7, 11) is 1.78. The van der Waals surface area contributed by atoms with Crippen molar-refractivity contribution < 1.29 is 9.47 Å². The van der Waals surface area contributed by atoms with E-state index in [1.54, 1.807) is 7.05 Å². The van der Waals surface area contributed by atoms with Crippen LogP contribution >= 0.6 is 0 Å². The van der Waals surface area contributed by atoms with Gasteiger partial charge in [0.15, 0.2) is 5.96 Å². The Kier molecular flexibility index (Phi) is 10.0. The van der Waals surface area contributed by atoms with Crippen LogP contribution < -0.4 is 10.6 Å². The van der Waals surface area contributed by atoms with Crippen LogP contribution in [0, 0.1) is 0 Å². The number of rotatable bonds is 11. The Morgan fingerprint density at radius 1 is 0.889 bits per heavy atom. The lowest BCUT2D eigenvalue weighted by molar-refractivity contribution is 0.107. The first kappa shape index (κ1) is 20.9. The molecule has 2 N–H and O–H groups in total. The molecule has 5 nitrogen and oxygen atoms in total. The maximum atomic E-state index is 5.82. The second-order valence-electron chi connectivity index (χ2n) is 6.20. The summed E-state index contributed by atoms with van der Waals surface area (Å²) in [6, 6.07) is 18.7. The van der Waals surface area contributed by atoms with E-state index in [4.69, 9.17) is 9.47 Å². The van der Waals surface area contributed by atoms with Crippen molar-refractivity contribution in [2.75, 3.05) is 26.8 Å². The van der Waals surface area contributed by atoms with Crippen molar-refractivity contribution in [1.82, 2.24) is 10.6 Å². The van der Waals surface area contributed by atoms with Gasteiger partial charge >= 0.3 is 0 Å². The van der Waals surface area contributed by atoms with Gasteiger partial charge in [0, 0.05) is 33.4 Å². The van der Waals surface area contributed by atoms with Gasteiger partial charge in [-0.25, -0.2) is 0 Å². The van der Waals surface area contributed by atoms with E-state index in [1.807, 2.05) is 25.1 Å². The lowest BCUT2D eigenvalue weighted by atomic mass is 10.1. The van der Waals surface area contributed by atoms with Crippen LogP contribution in [0.3, 0.4) is 0 Å². The summed E-state index contributed by atoms with van der Waals surface area (Å²) in [4.78, 5) is 4.26. The molecule has 0 saturated heterocycles. The zero-order valence-corrected chi connectivity index (χ0v) is 16.4. The van der Waals surface area contributed by atoms with Crippen molar-refractivity contribution >= 4 is 5.96 Å². The quantitative estimate of drug-likeness (QED) is 0.362. The molecular formula is C22H31N3O2. The third kappa shape index (κ3) is 8.71. The largest absolute Gasteiger partial charge is 0.382 e. The lowest BCUT2D eigenvalue weighted by Crippen LogP contribution is -2.37. The topological polar surface area (TPSA) is 54.9 Å². The Hall–Kier alpha value is -2.37. The van der Waals surface area contributed by atoms with Crippen molar-refractivity contribution in [3.63, 3.8) is 0 Å². The minimum atomic E-state index is 0.604. The molecule has 0 bridgehead atoms. The van der Waals surface area contributed by atoms with Crippen LogP contribution in [0.5, 0.6) is 0 Å². The molecule has 0 aromatic heterocycles. The van der Waals surface area contributed by atoms with E-state index < -0.39 is 0 Å². The van der Waals surface area contributed by atoms with E-state index in [1.165, 1.54) is 16.7 Å². The normalized spacial score (nSPS) is 11.4. The average molecular weight is 370 g/mol. The lowest BCUT2D eigenvalue weighted by Gasteiger charge is -2.12. The summed E-state index contributed by atoms with van der Waals surface area (Å²) >= 11 is 0. The van der Waals surface area contributed by atoms with Gasteiger partial charge in [-0.05, 0) is 30.0 Å². The van der Waals surface area contributed by atoms with E-state index in [9.17, 15) is 0 Å². The highest BCUT2D eigenvalue weighted by Gasteiger charge is 2.01. The van der Waals surface area contributed by atoms with Gasteiger partial charge < -0.3 is 20.1 Å². The molecule has 2 aromatic carbocycles. The SMILES string of the molecule is CCOCCCNC(=NC)NCc1cccc(COCc2ccccc2)c1. The molecule has 5 heteroatoms. The maximum Gasteiger partial charge on any atom is 0.191 e. The Labute approximate surface area is 162 Å². The van der Waals surface area contributed by atoms with Gasteiger partial charge in [-0.15, -0.1) is 0 Å². The molecule has 27 heavy (non-hydrogen) atoms. The van der Waals surface area contributed by atoms with Crippen LogP contribution in [-0.2, 0) is 29.2 Å². The molecule has 0 fully saturated rings. The summed E-state index contributed by atoms with van der Waals surface area (Å²) in [5.74, 6) is 0.803. The van der Waals surface area contributed by atoms with E-state index in [0.717, 1.165) is 38.7 Å². The number of nitrogens with one attached hydrogen (secondary N) is 2. The van der Waals surface area contributed by atoms with Crippen LogP contribution in [0.1, 0.15) is 30.0 Å². The zero-order valence-electron chi connectivity index (χ0n) is 16.4. The van der Waals surface area contributed by atoms with Crippen molar-refractivity contribution in [3.8, 4) is 0 Å². The van der Waals surface area contributed by atoms with Crippen molar-refractivity contribution in [2.45, 2.75) is 33.1 Å². The van der Waals surface area contributed by atoms with Crippen LogP contribution in [0.2, 0.25) is 0 Å². The molecular weight excluding hydrogens is 338 g/mol. The molecule has 2 aromatic rings. The highest BCUT2D eigenvalue weighted by atomic mass is 16.5. The standard InChI is InChI=1S/C22H31N3O2/c1-3-26-14-8-13-24-22(23-2)25-16-20-11-7-12-21(15-20)18-27-17-19-9-5-4-6-10-19/h4-7,9-12,15H,3,8,13-14,16-18H2,1-2H3,(H2,23,24,25). The van der Waals surface area contributed by atoms with Gasteiger partial charge in [0.25, 0.3) is 0 Å². The van der Waals surface area contributed by atoms with Gasteiger partial charge in [0.05, 0.1) is 13.2 Å². The maximum absolute atomic E-state index is 5.82. The molecule has 0 spiro atoms. The van der Waals surface area contributed by atoms with Gasteiger partial charge in [-0.2, -0.15) is 0 Å². The zero-order chi connectivity index (χ0) is 19.2. The monoisotopic (exact) mass is 369 g/mol. The Morgan fingerprint density at radius 3 is 2.41 bits per heavy atom. The molecule has 0 heterocycles. The fraction of sp³-hybridized carbons (Fsp3) is 0.409. The van der Waals surface area contributed by atoms with Crippen LogP contribution in [0.4, 0.5) is 0 Å². The average Bonchev–Trinajstić information content (AvgIpc) is 2.71. The first-order valence-electron chi connectivity index (χ1n) is 9.53. The first-order chi connectivity index (χ1) is 13.3. The third-order valence-electron chi connectivity index (χ3n) is 4.02. The number of guanidine groups is 1. The van der Waals surface area contributed by atoms with Crippen molar-refractivity contribution in [3.05, 3.63) is 71.3 Å². The number of aliphatic imine (C=N–C) groups is 1. The second-order valence-corrected chi connectivity index (χ2v) is 6.20. The summed E-state index contributed by atoms with van der Waals surface area (Å²) in [6.45, 7) is 6.33. The molecule has 0 saturated carbocycles. The highest BCUT2D eigenvalue weighted by Crippen LogP contribution is 2.09. The number of hydrogen-bond donors (Lipinski definition) is 2. The predicted octanol–water partition coefficient (Wildman–Crippen LogP) is 3.50. The predicted molar refractivity (Wildman–Crippen MR) is 111 cm³/mol. The molecule has 0 aliphatic heterocycles. The van der Waals surface area contributed by atoms with Crippen LogP contribution in [0.15, 0.2) is 59.6 Å². The molecule has 2 rings (SSSR count). The smallest absolute Gasteiger partial charge is 0.191 e. The third-order valence-corrected chi connectivity index (χ3v) is 4.02. The molecule has 0 unspecified atom stereocenters. The molecule has 0 aliphatic rings. The minimum absolute atomic E-state index is 0.604. The minimum Gasteiger partial charge on any atom is -0.382 e. The summed E-state index contributed by atoms with van der Waals surface area (Å²) in [5.41, 5.74) is 3.56. The number of nitrogens with zero attached hydrogens (tertiary/aromatic N) is 1. The summed E-state index contributed by atoms with van der Waals surface area (Å²) in [6.07, 6.45) is 0.961. The Bertz CT molecular complexity index is 674. The number of ether oxygens (including phenoxy) is 2. The first-order valence-corrected chi connectivity index (χ1v) is 9.53.